The molecule has 1 unspecified atom stereocenters. The van der Waals surface area contributed by atoms with Crippen LogP contribution in [0.1, 0.15) is 18.1 Å². The van der Waals surface area contributed by atoms with E-state index in [2.05, 4.69) is 4.74 Å². The van der Waals surface area contributed by atoms with Crippen molar-refractivity contribution < 1.29 is 27.1 Å². The Labute approximate surface area is 112 Å². The van der Waals surface area contributed by atoms with Crippen molar-refractivity contribution in [3.63, 3.8) is 0 Å². The van der Waals surface area contributed by atoms with Gasteiger partial charge in [0.2, 0.25) is 0 Å². The number of rotatable bonds is 4. The minimum Gasteiger partial charge on any atom is -0.465 e. The standard InChI is InChI=1S/C12H11ClF4O2/c1-2-19-11(18)9(13)6-7-5-8(12(15,16)17)3-4-10(7)14/h3-5,9H,2,6H2,1H3. The molecule has 106 valence electrons. The van der Waals surface area contributed by atoms with Crippen LogP contribution >= 0.6 is 11.6 Å². The van der Waals surface area contributed by atoms with Crippen LogP contribution in [0.3, 0.4) is 0 Å². The molecule has 0 N–H and O–H groups in total. The summed E-state index contributed by atoms with van der Waals surface area (Å²) >= 11 is 5.66. The van der Waals surface area contributed by atoms with Gasteiger partial charge in [-0.2, -0.15) is 13.2 Å². The minimum absolute atomic E-state index is 0.0904. The van der Waals surface area contributed by atoms with Gasteiger partial charge in [-0.1, -0.05) is 0 Å². The molecule has 1 aromatic rings. The van der Waals surface area contributed by atoms with E-state index in [0.29, 0.717) is 18.2 Å². The predicted molar refractivity (Wildman–Crippen MR) is 61.4 cm³/mol. The first-order valence-electron chi connectivity index (χ1n) is 5.42. The van der Waals surface area contributed by atoms with Gasteiger partial charge in [0.05, 0.1) is 12.2 Å². The van der Waals surface area contributed by atoms with Gasteiger partial charge in [-0.05, 0) is 30.7 Å². The third kappa shape index (κ3) is 4.38. The number of carbonyl (C=O) groups excluding carboxylic acids is 1. The average molecular weight is 299 g/mol. The number of alkyl halides is 4. The quantitative estimate of drug-likeness (QED) is 0.483. The van der Waals surface area contributed by atoms with Crippen LogP contribution in [0.15, 0.2) is 18.2 Å². The molecule has 19 heavy (non-hydrogen) atoms. The number of carbonyl (C=O) groups is 1. The van der Waals surface area contributed by atoms with Gasteiger partial charge < -0.3 is 4.74 Å². The normalized spacial score (nSPS) is 13.2. The number of hydrogen-bond donors (Lipinski definition) is 0. The predicted octanol–water partition coefficient (Wildman–Crippen LogP) is 3.56. The van der Waals surface area contributed by atoms with Gasteiger partial charge in [0.1, 0.15) is 11.2 Å². The van der Waals surface area contributed by atoms with Crippen molar-refractivity contribution in [1.29, 1.82) is 0 Å². The van der Waals surface area contributed by atoms with Crippen LogP contribution in [-0.2, 0) is 22.1 Å². The van der Waals surface area contributed by atoms with Gasteiger partial charge in [0.15, 0.2) is 0 Å². The Morgan fingerprint density at radius 1 is 1.42 bits per heavy atom. The summed E-state index contributed by atoms with van der Waals surface area (Å²) in [6.45, 7) is 1.65. The van der Waals surface area contributed by atoms with E-state index in [0.717, 1.165) is 0 Å². The van der Waals surface area contributed by atoms with E-state index in [1.54, 1.807) is 6.92 Å². The summed E-state index contributed by atoms with van der Waals surface area (Å²) in [6.07, 6.45) is -4.94. The minimum atomic E-state index is -4.58. The fourth-order valence-corrected chi connectivity index (χ4v) is 1.65. The second kappa shape index (κ2) is 6.23. The van der Waals surface area contributed by atoms with Gasteiger partial charge >= 0.3 is 12.1 Å². The lowest BCUT2D eigenvalue weighted by molar-refractivity contribution is -0.142. The highest BCUT2D eigenvalue weighted by atomic mass is 35.5. The molecule has 0 fully saturated rings. The first kappa shape index (κ1) is 15.8. The van der Waals surface area contributed by atoms with Crippen LogP contribution in [0.4, 0.5) is 17.6 Å². The highest BCUT2D eigenvalue weighted by Gasteiger charge is 2.31. The van der Waals surface area contributed by atoms with Crippen molar-refractivity contribution in [3.8, 4) is 0 Å². The number of esters is 1. The van der Waals surface area contributed by atoms with Gasteiger partial charge in [0, 0.05) is 6.42 Å². The summed E-state index contributed by atoms with van der Waals surface area (Å²) in [5, 5.41) is -1.22. The summed E-state index contributed by atoms with van der Waals surface area (Å²) < 4.78 is 55.4. The zero-order valence-electron chi connectivity index (χ0n) is 9.93. The van der Waals surface area contributed by atoms with Crippen LogP contribution in [0.5, 0.6) is 0 Å². The van der Waals surface area contributed by atoms with Crippen LogP contribution < -0.4 is 0 Å². The van der Waals surface area contributed by atoms with Gasteiger partial charge in [-0.3, -0.25) is 4.79 Å². The van der Waals surface area contributed by atoms with Crippen molar-refractivity contribution in [2.45, 2.75) is 24.9 Å². The smallest absolute Gasteiger partial charge is 0.416 e. The summed E-state index contributed by atoms with van der Waals surface area (Å²) in [5.74, 6) is -1.64. The molecule has 0 bridgehead atoms. The highest BCUT2D eigenvalue weighted by molar-refractivity contribution is 6.30. The Balaban J connectivity index is 2.91. The largest absolute Gasteiger partial charge is 0.465 e. The molecule has 0 heterocycles. The number of halogens is 5. The van der Waals surface area contributed by atoms with Gasteiger partial charge in [-0.15, -0.1) is 11.6 Å². The van der Waals surface area contributed by atoms with E-state index in [4.69, 9.17) is 11.6 Å². The first-order valence-corrected chi connectivity index (χ1v) is 5.85. The molecular formula is C12H11ClF4O2. The fourth-order valence-electron chi connectivity index (χ4n) is 1.42. The molecular weight excluding hydrogens is 288 g/mol. The Hall–Kier alpha value is -1.30. The van der Waals surface area contributed by atoms with E-state index in [1.165, 1.54) is 0 Å². The second-order valence-corrected chi connectivity index (χ2v) is 4.25. The lowest BCUT2D eigenvalue weighted by Crippen LogP contribution is -2.21. The maximum absolute atomic E-state index is 13.4. The SMILES string of the molecule is CCOC(=O)C(Cl)Cc1cc(C(F)(F)F)ccc1F. The third-order valence-corrected chi connectivity index (χ3v) is 2.65. The Kier molecular flexibility index (Phi) is 5.17. The van der Waals surface area contributed by atoms with Gasteiger partial charge in [0.25, 0.3) is 0 Å². The first-order chi connectivity index (χ1) is 8.75. The maximum Gasteiger partial charge on any atom is 0.416 e. The summed E-state index contributed by atoms with van der Waals surface area (Å²) in [6, 6.07) is 1.98. The molecule has 0 saturated heterocycles. The van der Waals surface area contributed by atoms with E-state index in [9.17, 15) is 22.4 Å². The zero-order chi connectivity index (χ0) is 14.6. The van der Waals surface area contributed by atoms with E-state index < -0.39 is 28.9 Å². The van der Waals surface area contributed by atoms with Crippen LogP contribution in [-0.4, -0.2) is 18.0 Å². The van der Waals surface area contributed by atoms with Crippen molar-refractivity contribution in [3.05, 3.63) is 35.1 Å². The van der Waals surface area contributed by atoms with Crippen molar-refractivity contribution in [1.82, 2.24) is 0 Å². The molecule has 0 saturated carbocycles. The Morgan fingerprint density at radius 2 is 2.05 bits per heavy atom. The molecule has 1 aromatic carbocycles. The average Bonchev–Trinajstić information content (AvgIpc) is 2.30. The van der Waals surface area contributed by atoms with E-state index in [-0.39, 0.29) is 18.6 Å². The number of ether oxygens (including phenoxy) is 1. The van der Waals surface area contributed by atoms with Crippen molar-refractivity contribution in [2.75, 3.05) is 6.61 Å². The van der Waals surface area contributed by atoms with Crippen LogP contribution in [0.2, 0.25) is 0 Å². The summed E-state index contributed by atoms with van der Waals surface area (Å²) in [7, 11) is 0. The number of benzene rings is 1. The van der Waals surface area contributed by atoms with Gasteiger partial charge in [-0.25, -0.2) is 4.39 Å². The molecule has 0 aliphatic rings. The summed E-state index contributed by atoms with van der Waals surface area (Å²) in [4.78, 5) is 11.2. The van der Waals surface area contributed by atoms with E-state index in [1.807, 2.05) is 0 Å². The van der Waals surface area contributed by atoms with Crippen molar-refractivity contribution >= 4 is 17.6 Å². The highest BCUT2D eigenvalue weighted by Crippen LogP contribution is 2.30. The fraction of sp³-hybridized carbons (Fsp3) is 0.417. The van der Waals surface area contributed by atoms with Crippen LogP contribution in [0, 0.1) is 5.82 Å². The lowest BCUT2D eigenvalue weighted by Gasteiger charge is -2.12. The molecule has 2 nitrogen and oxygen atoms in total. The Morgan fingerprint density at radius 3 is 2.58 bits per heavy atom. The van der Waals surface area contributed by atoms with Crippen LogP contribution in [0.25, 0.3) is 0 Å². The summed E-state index contributed by atoms with van der Waals surface area (Å²) in [5.41, 5.74) is -1.26. The zero-order valence-corrected chi connectivity index (χ0v) is 10.7. The maximum atomic E-state index is 13.4. The lowest BCUT2D eigenvalue weighted by atomic mass is 10.1. The number of hydrogen-bond acceptors (Lipinski definition) is 2. The molecule has 7 heteroatoms. The molecule has 0 aliphatic heterocycles. The molecule has 1 atom stereocenters. The monoisotopic (exact) mass is 298 g/mol. The van der Waals surface area contributed by atoms with Crippen molar-refractivity contribution in [2.24, 2.45) is 0 Å². The second-order valence-electron chi connectivity index (χ2n) is 3.73. The topological polar surface area (TPSA) is 26.3 Å². The third-order valence-electron chi connectivity index (χ3n) is 2.31. The molecule has 0 radical (unpaired) electrons. The van der Waals surface area contributed by atoms with E-state index >= 15 is 0 Å². The molecule has 0 aromatic heterocycles. The molecule has 0 spiro atoms. The Bertz CT molecular complexity index is 460. The molecule has 0 amide bonds. The molecule has 1 rings (SSSR count). The molecule has 0 aliphatic carbocycles.